The zero-order valence-electron chi connectivity index (χ0n) is 9.28. The molecule has 0 N–H and O–H groups in total. The molecular formula is C11H15BrN2O2. The summed E-state index contributed by atoms with van der Waals surface area (Å²) in [5, 5.41) is 0. The third kappa shape index (κ3) is 2.29. The fraction of sp³-hybridized carbons (Fsp3) is 0.636. The van der Waals surface area contributed by atoms with E-state index in [-0.39, 0.29) is 10.8 Å². The molecule has 1 unspecified atom stereocenters. The number of aryl methyl sites for hydroxylation is 1. The molecule has 0 aromatic carbocycles. The van der Waals surface area contributed by atoms with Crippen LogP contribution in [0.1, 0.15) is 24.2 Å². The molecule has 5 heteroatoms. The summed E-state index contributed by atoms with van der Waals surface area (Å²) in [7, 11) is 1.40. The van der Waals surface area contributed by atoms with Gasteiger partial charge in [0.2, 0.25) is 0 Å². The van der Waals surface area contributed by atoms with E-state index in [2.05, 4.69) is 30.2 Å². The van der Waals surface area contributed by atoms with Crippen molar-refractivity contribution in [1.82, 2.24) is 9.55 Å². The average Bonchev–Trinajstić information content (AvgIpc) is 2.72. The van der Waals surface area contributed by atoms with Gasteiger partial charge in [-0.3, -0.25) is 4.79 Å². The monoisotopic (exact) mass is 286 g/mol. The topological polar surface area (TPSA) is 44.1 Å². The number of rotatable bonds is 3. The molecule has 1 atom stereocenters. The molecule has 4 nitrogen and oxygen atoms in total. The van der Waals surface area contributed by atoms with E-state index >= 15 is 0 Å². The predicted molar refractivity (Wildman–Crippen MR) is 63.6 cm³/mol. The van der Waals surface area contributed by atoms with Gasteiger partial charge in [0.05, 0.1) is 19.1 Å². The summed E-state index contributed by atoms with van der Waals surface area (Å²) in [5.41, 5.74) is 2.47. The van der Waals surface area contributed by atoms with Crippen molar-refractivity contribution in [1.29, 1.82) is 0 Å². The number of alkyl halides is 1. The maximum absolute atomic E-state index is 11.3. The largest absolute Gasteiger partial charge is 0.468 e. The Labute approximate surface area is 103 Å². The number of ether oxygens (including phenoxy) is 1. The first kappa shape index (κ1) is 11.6. The molecule has 1 aromatic heterocycles. The summed E-state index contributed by atoms with van der Waals surface area (Å²) in [6.45, 7) is 0.592. The van der Waals surface area contributed by atoms with Gasteiger partial charge in [0.15, 0.2) is 0 Å². The first-order chi connectivity index (χ1) is 7.72. The smallest absolute Gasteiger partial charge is 0.321 e. The fourth-order valence-electron chi connectivity index (χ4n) is 2.06. The van der Waals surface area contributed by atoms with Crippen LogP contribution in [-0.2, 0) is 28.9 Å². The minimum Gasteiger partial charge on any atom is -0.468 e. The third-order valence-corrected chi connectivity index (χ3v) is 3.59. The Hall–Kier alpha value is -0.840. The number of imidazole rings is 1. The second-order valence-corrected chi connectivity index (χ2v) is 5.09. The van der Waals surface area contributed by atoms with Gasteiger partial charge in [-0.15, -0.1) is 0 Å². The van der Waals surface area contributed by atoms with Crippen molar-refractivity contribution in [3.63, 3.8) is 0 Å². The van der Waals surface area contributed by atoms with Gasteiger partial charge in [0.1, 0.15) is 4.83 Å². The number of halogens is 1. The first-order valence-electron chi connectivity index (χ1n) is 5.47. The van der Waals surface area contributed by atoms with E-state index < -0.39 is 0 Å². The maximum Gasteiger partial charge on any atom is 0.321 e. The van der Waals surface area contributed by atoms with Gasteiger partial charge in [-0.25, -0.2) is 4.98 Å². The summed E-state index contributed by atoms with van der Waals surface area (Å²) in [6, 6.07) is 0. The maximum atomic E-state index is 11.3. The number of fused-ring (bicyclic) bond motifs is 1. The van der Waals surface area contributed by atoms with Crippen LogP contribution in [0.2, 0.25) is 0 Å². The molecule has 0 bridgehead atoms. The molecule has 0 fully saturated rings. The summed E-state index contributed by atoms with van der Waals surface area (Å²) < 4.78 is 6.75. The number of carbonyl (C=O) groups is 1. The molecule has 88 valence electrons. The number of carbonyl (C=O) groups excluding carboxylic acids is 1. The number of nitrogens with zero attached hydrogens (tertiary/aromatic N) is 2. The Morgan fingerprint density at radius 1 is 1.62 bits per heavy atom. The van der Waals surface area contributed by atoms with Gasteiger partial charge in [0.25, 0.3) is 0 Å². The summed E-state index contributed by atoms with van der Waals surface area (Å²) in [6.07, 6.45) is 6.39. The van der Waals surface area contributed by atoms with Crippen LogP contribution in [-0.4, -0.2) is 27.5 Å². The number of methoxy groups -OCH3 is 1. The minimum absolute atomic E-state index is 0.238. The van der Waals surface area contributed by atoms with Crippen LogP contribution in [0.4, 0.5) is 0 Å². The second-order valence-electron chi connectivity index (χ2n) is 3.99. The van der Waals surface area contributed by atoms with Gasteiger partial charge in [-0.1, -0.05) is 15.9 Å². The van der Waals surface area contributed by atoms with Crippen molar-refractivity contribution in [2.24, 2.45) is 0 Å². The van der Waals surface area contributed by atoms with Gasteiger partial charge in [-0.2, -0.15) is 0 Å². The molecule has 1 aromatic rings. The molecule has 1 aliphatic carbocycles. The lowest BCUT2D eigenvalue weighted by Crippen LogP contribution is -2.22. The van der Waals surface area contributed by atoms with Crippen LogP contribution in [0, 0.1) is 0 Å². The van der Waals surface area contributed by atoms with E-state index in [1.54, 1.807) is 0 Å². The molecule has 16 heavy (non-hydrogen) atoms. The van der Waals surface area contributed by atoms with E-state index in [0.717, 1.165) is 12.8 Å². The van der Waals surface area contributed by atoms with Crippen LogP contribution in [0.5, 0.6) is 0 Å². The highest BCUT2D eigenvalue weighted by molar-refractivity contribution is 9.10. The van der Waals surface area contributed by atoms with Gasteiger partial charge in [-0.05, 0) is 25.7 Å². The van der Waals surface area contributed by atoms with E-state index in [0.29, 0.717) is 6.54 Å². The van der Waals surface area contributed by atoms with Crippen LogP contribution < -0.4 is 0 Å². The van der Waals surface area contributed by atoms with Gasteiger partial charge in [0, 0.05) is 12.2 Å². The van der Waals surface area contributed by atoms with E-state index in [1.165, 1.54) is 31.3 Å². The molecular weight excluding hydrogens is 272 g/mol. The molecule has 0 amide bonds. The molecule has 0 saturated heterocycles. The Morgan fingerprint density at radius 2 is 2.38 bits per heavy atom. The average molecular weight is 287 g/mol. The van der Waals surface area contributed by atoms with Crippen molar-refractivity contribution in [3.8, 4) is 0 Å². The first-order valence-corrected chi connectivity index (χ1v) is 6.38. The van der Waals surface area contributed by atoms with Crippen LogP contribution in [0.3, 0.4) is 0 Å². The normalized spacial score (nSPS) is 16.6. The summed E-state index contributed by atoms with van der Waals surface area (Å²) >= 11 is 3.33. The fourth-order valence-corrected chi connectivity index (χ4v) is 2.56. The highest BCUT2D eigenvalue weighted by Gasteiger charge is 2.20. The molecule has 1 aliphatic rings. The Bertz CT molecular complexity index is 389. The van der Waals surface area contributed by atoms with E-state index in [4.69, 9.17) is 0 Å². The predicted octanol–water partition coefficient (Wildman–Crippen LogP) is 1.70. The zero-order valence-corrected chi connectivity index (χ0v) is 10.9. The number of esters is 1. The SMILES string of the molecule is COC(=O)C(Br)Cn1cnc2c1CCCC2. The molecule has 0 radical (unpaired) electrons. The summed E-state index contributed by atoms with van der Waals surface area (Å²) in [4.78, 5) is 15.4. The second kappa shape index (κ2) is 4.99. The molecule has 0 saturated carbocycles. The van der Waals surface area contributed by atoms with Gasteiger partial charge < -0.3 is 9.30 Å². The Morgan fingerprint density at radius 3 is 3.12 bits per heavy atom. The minimum atomic E-state index is -0.294. The molecule has 0 spiro atoms. The van der Waals surface area contributed by atoms with Crippen molar-refractivity contribution in [2.75, 3.05) is 7.11 Å². The quantitative estimate of drug-likeness (QED) is 0.628. The number of aromatic nitrogens is 2. The lowest BCUT2D eigenvalue weighted by Gasteiger charge is -2.15. The zero-order chi connectivity index (χ0) is 11.5. The van der Waals surface area contributed by atoms with Crippen LogP contribution in [0.25, 0.3) is 0 Å². The van der Waals surface area contributed by atoms with Crippen LogP contribution >= 0.6 is 15.9 Å². The summed E-state index contributed by atoms with van der Waals surface area (Å²) in [5.74, 6) is -0.238. The van der Waals surface area contributed by atoms with E-state index in [9.17, 15) is 4.79 Å². The van der Waals surface area contributed by atoms with Crippen molar-refractivity contribution in [2.45, 2.75) is 37.1 Å². The van der Waals surface area contributed by atoms with E-state index in [1.807, 2.05) is 6.33 Å². The highest BCUT2D eigenvalue weighted by Crippen LogP contribution is 2.21. The Kier molecular flexibility index (Phi) is 3.63. The van der Waals surface area contributed by atoms with Crippen molar-refractivity contribution in [3.05, 3.63) is 17.7 Å². The lowest BCUT2D eigenvalue weighted by molar-refractivity contribution is -0.140. The molecule has 2 rings (SSSR count). The standard InChI is InChI=1S/C11H15BrN2O2/c1-16-11(15)8(12)6-14-7-13-9-4-2-3-5-10(9)14/h7-8H,2-6H2,1H3. The van der Waals surface area contributed by atoms with Crippen molar-refractivity contribution < 1.29 is 9.53 Å². The van der Waals surface area contributed by atoms with Crippen molar-refractivity contribution >= 4 is 21.9 Å². The number of hydrogen-bond acceptors (Lipinski definition) is 3. The third-order valence-electron chi connectivity index (χ3n) is 2.92. The molecule has 1 heterocycles. The van der Waals surface area contributed by atoms with Crippen LogP contribution in [0.15, 0.2) is 6.33 Å². The molecule has 0 aliphatic heterocycles. The lowest BCUT2D eigenvalue weighted by atomic mass is 10.0. The Balaban J connectivity index is 2.10. The van der Waals surface area contributed by atoms with Gasteiger partial charge >= 0.3 is 5.97 Å². The highest BCUT2D eigenvalue weighted by atomic mass is 79.9. The number of hydrogen-bond donors (Lipinski definition) is 0.